The van der Waals surface area contributed by atoms with Crippen LogP contribution in [-0.4, -0.2) is 28.8 Å². The summed E-state index contributed by atoms with van der Waals surface area (Å²) in [6.45, 7) is 0. The number of halogens is 1. The molecule has 164 valence electrons. The van der Waals surface area contributed by atoms with Gasteiger partial charge >= 0.3 is 5.97 Å². The molecule has 0 bridgehead atoms. The molecule has 0 fully saturated rings. The number of ether oxygens (including phenoxy) is 1. The van der Waals surface area contributed by atoms with E-state index in [-0.39, 0.29) is 5.91 Å². The molecule has 1 aromatic heterocycles. The normalized spacial score (nSPS) is 10.8. The highest BCUT2D eigenvalue weighted by molar-refractivity contribution is 6.30. The van der Waals surface area contributed by atoms with Crippen molar-refractivity contribution in [3.63, 3.8) is 0 Å². The van der Waals surface area contributed by atoms with Crippen molar-refractivity contribution in [3.8, 4) is 16.9 Å². The lowest BCUT2D eigenvalue weighted by atomic mass is 10.1. The van der Waals surface area contributed by atoms with Crippen LogP contribution in [0.15, 0.2) is 91.1 Å². The summed E-state index contributed by atoms with van der Waals surface area (Å²) in [5.74, 6) is -0.742. The predicted octanol–water partition coefficient (Wildman–Crippen LogP) is 5.63. The average molecular weight is 458 g/mol. The maximum atomic E-state index is 12.5. The van der Waals surface area contributed by atoms with Crippen LogP contribution in [0, 0.1) is 0 Å². The Bertz CT molecular complexity index is 1300. The average Bonchev–Trinajstić information content (AvgIpc) is 3.28. The first-order valence-electron chi connectivity index (χ1n) is 10.1. The molecule has 3 aromatic carbocycles. The number of anilines is 1. The van der Waals surface area contributed by atoms with E-state index in [1.54, 1.807) is 47.2 Å². The number of carbonyl (C=O) groups is 2. The van der Waals surface area contributed by atoms with Gasteiger partial charge in [0.2, 0.25) is 5.91 Å². The second-order valence-corrected chi connectivity index (χ2v) is 7.55. The highest BCUT2D eigenvalue weighted by Gasteiger charge is 2.11. The standard InChI is InChI=1S/C26H20ClN3O3/c1-33-26(32)19-9-14-22(15-10-19)28-24(31)16-11-20-17-30(23-5-3-2-4-6-23)29-25(20)18-7-12-21(27)13-8-18/h2-17H,1H3,(H,28,31)/b16-11+. The molecule has 6 nitrogen and oxygen atoms in total. The first-order chi connectivity index (χ1) is 16.0. The van der Waals surface area contributed by atoms with Gasteiger partial charge in [-0.3, -0.25) is 4.79 Å². The van der Waals surface area contributed by atoms with Crippen molar-refractivity contribution >= 4 is 35.2 Å². The minimum absolute atomic E-state index is 0.310. The Hall–Kier alpha value is -4.16. The van der Waals surface area contributed by atoms with Crippen molar-refractivity contribution in [2.24, 2.45) is 0 Å². The van der Waals surface area contributed by atoms with Gasteiger partial charge < -0.3 is 10.1 Å². The fraction of sp³-hybridized carbons (Fsp3) is 0.0385. The summed E-state index contributed by atoms with van der Waals surface area (Å²) in [4.78, 5) is 24.0. The number of para-hydroxylation sites is 1. The Balaban J connectivity index is 1.58. The Kier molecular flexibility index (Phi) is 6.66. The molecule has 0 saturated carbocycles. The largest absolute Gasteiger partial charge is 0.465 e. The number of hydrogen-bond donors (Lipinski definition) is 1. The summed E-state index contributed by atoms with van der Waals surface area (Å²) < 4.78 is 6.45. The van der Waals surface area contributed by atoms with Crippen molar-refractivity contribution in [3.05, 3.63) is 107 Å². The molecule has 4 aromatic rings. The lowest BCUT2D eigenvalue weighted by molar-refractivity contribution is -0.111. The molecular weight excluding hydrogens is 438 g/mol. The SMILES string of the molecule is COC(=O)c1ccc(NC(=O)/C=C/c2cn(-c3ccccc3)nc2-c2ccc(Cl)cc2)cc1. The lowest BCUT2D eigenvalue weighted by Gasteiger charge is -2.03. The quantitative estimate of drug-likeness (QED) is 0.301. The Labute approximate surface area is 196 Å². The number of esters is 1. The number of nitrogens with one attached hydrogen (secondary N) is 1. The molecule has 33 heavy (non-hydrogen) atoms. The van der Waals surface area contributed by atoms with E-state index in [0.29, 0.717) is 16.3 Å². The van der Waals surface area contributed by atoms with Crippen molar-refractivity contribution in [1.82, 2.24) is 9.78 Å². The van der Waals surface area contributed by atoms with Crippen LogP contribution in [0.3, 0.4) is 0 Å². The number of rotatable bonds is 6. The molecule has 0 aliphatic rings. The number of aromatic nitrogens is 2. The molecule has 0 aliphatic heterocycles. The fourth-order valence-electron chi connectivity index (χ4n) is 3.21. The van der Waals surface area contributed by atoms with Gasteiger partial charge in [-0.25, -0.2) is 9.48 Å². The maximum Gasteiger partial charge on any atom is 0.337 e. The molecule has 7 heteroatoms. The number of hydrogen-bond acceptors (Lipinski definition) is 4. The van der Waals surface area contributed by atoms with Crippen molar-refractivity contribution in [2.75, 3.05) is 12.4 Å². The van der Waals surface area contributed by atoms with Gasteiger partial charge in [0.1, 0.15) is 0 Å². The van der Waals surface area contributed by atoms with E-state index in [2.05, 4.69) is 10.1 Å². The number of amides is 1. The zero-order chi connectivity index (χ0) is 23.2. The van der Waals surface area contributed by atoms with Crippen LogP contribution in [0.5, 0.6) is 0 Å². The van der Waals surface area contributed by atoms with Crippen LogP contribution < -0.4 is 5.32 Å². The molecule has 0 atom stereocenters. The van der Waals surface area contributed by atoms with E-state index >= 15 is 0 Å². The van der Waals surface area contributed by atoms with E-state index in [1.807, 2.05) is 48.7 Å². The van der Waals surface area contributed by atoms with E-state index in [1.165, 1.54) is 13.2 Å². The molecule has 0 saturated heterocycles. The van der Waals surface area contributed by atoms with Crippen LogP contribution >= 0.6 is 11.6 Å². The van der Waals surface area contributed by atoms with Gasteiger partial charge in [0.25, 0.3) is 0 Å². The second kappa shape index (κ2) is 9.97. The summed E-state index contributed by atoms with van der Waals surface area (Å²) in [6.07, 6.45) is 5.03. The maximum absolute atomic E-state index is 12.5. The molecule has 1 N–H and O–H groups in total. The zero-order valence-corrected chi connectivity index (χ0v) is 18.5. The number of carbonyl (C=O) groups excluding carboxylic acids is 2. The van der Waals surface area contributed by atoms with E-state index in [9.17, 15) is 9.59 Å². The lowest BCUT2D eigenvalue weighted by Crippen LogP contribution is -2.08. The molecule has 0 spiro atoms. The predicted molar refractivity (Wildman–Crippen MR) is 129 cm³/mol. The third-order valence-electron chi connectivity index (χ3n) is 4.87. The third kappa shape index (κ3) is 5.37. The van der Waals surface area contributed by atoms with Crippen LogP contribution in [0.4, 0.5) is 5.69 Å². The molecule has 0 unspecified atom stereocenters. The summed E-state index contributed by atoms with van der Waals surface area (Å²) >= 11 is 6.04. The first kappa shape index (κ1) is 22.0. The monoisotopic (exact) mass is 457 g/mol. The Morgan fingerprint density at radius 3 is 2.33 bits per heavy atom. The van der Waals surface area contributed by atoms with Gasteiger partial charge in [-0.1, -0.05) is 41.9 Å². The third-order valence-corrected chi connectivity index (χ3v) is 5.12. The minimum Gasteiger partial charge on any atom is -0.465 e. The first-order valence-corrected chi connectivity index (χ1v) is 10.5. The second-order valence-electron chi connectivity index (χ2n) is 7.11. The molecule has 0 aliphatic carbocycles. The number of nitrogens with zero attached hydrogens (tertiary/aromatic N) is 2. The molecular formula is C26H20ClN3O3. The summed E-state index contributed by atoms with van der Waals surface area (Å²) in [5.41, 5.74) is 4.26. The molecule has 1 heterocycles. The highest BCUT2D eigenvalue weighted by atomic mass is 35.5. The van der Waals surface area contributed by atoms with Crippen molar-refractivity contribution in [2.45, 2.75) is 0 Å². The van der Waals surface area contributed by atoms with Gasteiger partial charge in [-0.2, -0.15) is 5.10 Å². The minimum atomic E-state index is -0.432. The smallest absolute Gasteiger partial charge is 0.337 e. The van der Waals surface area contributed by atoms with E-state index < -0.39 is 5.97 Å². The highest BCUT2D eigenvalue weighted by Crippen LogP contribution is 2.26. The molecule has 4 rings (SSSR count). The molecule has 1 amide bonds. The fourth-order valence-corrected chi connectivity index (χ4v) is 3.34. The summed E-state index contributed by atoms with van der Waals surface area (Å²) in [5, 5.41) is 8.14. The topological polar surface area (TPSA) is 73.2 Å². The van der Waals surface area contributed by atoms with E-state index in [4.69, 9.17) is 16.7 Å². The molecule has 0 radical (unpaired) electrons. The Morgan fingerprint density at radius 2 is 1.67 bits per heavy atom. The summed E-state index contributed by atoms with van der Waals surface area (Å²) in [6, 6.07) is 23.6. The van der Waals surface area contributed by atoms with Gasteiger partial charge in [0.15, 0.2) is 0 Å². The van der Waals surface area contributed by atoms with Crippen molar-refractivity contribution in [1.29, 1.82) is 0 Å². The van der Waals surface area contributed by atoms with Gasteiger partial charge in [0.05, 0.1) is 24.1 Å². The van der Waals surface area contributed by atoms with Crippen LogP contribution in [0.25, 0.3) is 23.0 Å². The van der Waals surface area contributed by atoms with Gasteiger partial charge in [0, 0.05) is 34.1 Å². The number of benzene rings is 3. The Morgan fingerprint density at radius 1 is 0.970 bits per heavy atom. The van der Waals surface area contributed by atoms with E-state index in [0.717, 1.165) is 22.5 Å². The summed E-state index contributed by atoms with van der Waals surface area (Å²) in [7, 11) is 1.32. The van der Waals surface area contributed by atoms with Crippen molar-refractivity contribution < 1.29 is 14.3 Å². The zero-order valence-electron chi connectivity index (χ0n) is 17.7. The van der Waals surface area contributed by atoms with Crippen LogP contribution in [0.2, 0.25) is 5.02 Å². The van der Waals surface area contributed by atoms with Gasteiger partial charge in [-0.05, 0) is 54.6 Å². The van der Waals surface area contributed by atoms with Gasteiger partial charge in [-0.15, -0.1) is 0 Å². The van der Waals surface area contributed by atoms with Crippen LogP contribution in [0.1, 0.15) is 15.9 Å². The van der Waals surface area contributed by atoms with Crippen LogP contribution in [-0.2, 0) is 9.53 Å². The number of methoxy groups -OCH3 is 1.